The van der Waals surface area contributed by atoms with Crippen molar-refractivity contribution in [3.05, 3.63) is 41.7 Å². The van der Waals surface area contributed by atoms with Crippen LogP contribution in [-0.4, -0.2) is 36.9 Å². The van der Waals surface area contributed by atoms with E-state index >= 15 is 0 Å². The third kappa shape index (κ3) is 3.05. The van der Waals surface area contributed by atoms with Crippen molar-refractivity contribution in [2.24, 2.45) is 4.99 Å². The standard InChI is InChI=1S/C18H18F2N4O2/c1-4-21-16-10(9-24-18-11(16)5-6-22-18)8-23-17-14(19)12(25-2)7-13(26-3)15(17)20/h5-9H,4H2,1-3H3,(H2,21,22,24). The lowest BCUT2D eigenvalue weighted by atomic mass is 10.2. The van der Waals surface area contributed by atoms with Gasteiger partial charge in [-0.25, -0.2) is 18.8 Å². The van der Waals surface area contributed by atoms with E-state index in [1.807, 2.05) is 13.0 Å². The molecule has 2 N–H and O–H groups in total. The van der Waals surface area contributed by atoms with Crippen molar-refractivity contribution in [1.82, 2.24) is 9.97 Å². The van der Waals surface area contributed by atoms with Gasteiger partial charge in [-0.05, 0) is 13.0 Å². The van der Waals surface area contributed by atoms with E-state index in [9.17, 15) is 8.78 Å². The lowest BCUT2D eigenvalue weighted by Gasteiger charge is -2.11. The van der Waals surface area contributed by atoms with E-state index in [1.165, 1.54) is 20.4 Å². The fourth-order valence-corrected chi connectivity index (χ4v) is 2.62. The number of nitrogens with zero attached hydrogens (tertiary/aromatic N) is 2. The summed E-state index contributed by atoms with van der Waals surface area (Å²) in [7, 11) is 2.58. The summed E-state index contributed by atoms with van der Waals surface area (Å²) < 4.78 is 38.7. The molecule has 3 aromatic rings. The second kappa shape index (κ2) is 7.38. The minimum absolute atomic E-state index is 0.151. The Bertz CT molecular complexity index is 941. The van der Waals surface area contributed by atoms with Gasteiger partial charge in [-0.15, -0.1) is 0 Å². The van der Waals surface area contributed by atoms with Crippen LogP contribution in [0.3, 0.4) is 0 Å². The van der Waals surface area contributed by atoms with E-state index in [0.29, 0.717) is 17.8 Å². The maximum atomic E-state index is 14.4. The molecule has 2 aromatic heterocycles. The van der Waals surface area contributed by atoms with Crippen LogP contribution >= 0.6 is 0 Å². The molecule has 0 amide bonds. The van der Waals surface area contributed by atoms with Crippen LogP contribution in [0.2, 0.25) is 0 Å². The monoisotopic (exact) mass is 360 g/mol. The van der Waals surface area contributed by atoms with Crippen LogP contribution in [0.1, 0.15) is 12.5 Å². The van der Waals surface area contributed by atoms with Crippen molar-refractivity contribution in [2.75, 3.05) is 26.1 Å². The Labute approximate surface area is 148 Å². The normalized spacial score (nSPS) is 11.3. The van der Waals surface area contributed by atoms with Crippen LogP contribution in [0.4, 0.5) is 20.2 Å². The summed E-state index contributed by atoms with van der Waals surface area (Å²) in [5, 5.41) is 4.09. The molecular formula is C18H18F2N4O2. The summed E-state index contributed by atoms with van der Waals surface area (Å²) in [4.78, 5) is 11.3. The van der Waals surface area contributed by atoms with Gasteiger partial charge in [0.05, 0.1) is 19.9 Å². The Hall–Kier alpha value is -3.16. The lowest BCUT2D eigenvalue weighted by molar-refractivity contribution is 0.359. The molecular weight excluding hydrogens is 342 g/mol. The number of ether oxygens (including phenoxy) is 2. The number of aromatic amines is 1. The van der Waals surface area contributed by atoms with Gasteiger partial charge in [0.1, 0.15) is 11.3 Å². The van der Waals surface area contributed by atoms with Gasteiger partial charge in [0, 0.05) is 42.2 Å². The van der Waals surface area contributed by atoms with Crippen molar-refractivity contribution in [3.8, 4) is 11.5 Å². The first-order chi connectivity index (χ1) is 12.6. The molecule has 0 fully saturated rings. The SMILES string of the molecule is CCNc1c(C=Nc2c(F)c(OC)cc(OC)c2F)cnc2[nH]ccc12. The number of aromatic nitrogens is 2. The zero-order valence-corrected chi connectivity index (χ0v) is 14.6. The van der Waals surface area contributed by atoms with Gasteiger partial charge < -0.3 is 19.8 Å². The number of halogens is 2. The number of anilines is 1. The van der Waals surface area contributed by atoms with Crippen LogP contribution in [0.25, 0.3) is 11.0 Å². The van der Waals surface area contributed by atoms with Crippen LogP contribution in [-0.2, 0) is 0 Å². The molecule has 0 radical (unpaired) electrons. The Kier molecular flexibility index (Phi) is 5.01. The van der Waals surface area contributed by atoms with Crippen molar-refractivity contribution in [3.63, 3.8) is 0 Å². The summed E-state index contributed by atoms with van der Waals surface area (Å²) in [6, 6.07) is 3.01. The summed E-state index contributed by atoms with van der Waals surface area (Å²) in [6.45, 7) is 2.62. The van der Waals surface area contributed by atoms with Crippen LogP contribution in [0, 0.1) is 11.6 Å². The molecule has 8 heteroatoms. The third-order valence-electron chi connectivity index (χ3n) is 3.85. The first-order valence-electron chi connectivity index (χ1n) is 7.94. The van der Waals surface area contributed by atoms with Gasteiger partial charge >= 0.3 is 0 Å². The number of rotatable bonds is 6. The maximum Gasteiger partial charge on any atom is 0.193 e. The Morgan fingerprint density at radius 3 is 2.54 bits per heavy atom. The highest BCUT2D eigenvalue weighted by atomic mass is 19.1. The Morgan fingerprint density at radius 2 is 1.92 bits per heavy atom. The Morgan fingerprint density at radius 1 is 1.23 bits per heavy atom. The van der Waals surface area contributed by atoms with Crippen LogP contribution in [0.5, 0.6) is 11.5 Å². The molecule has 0 saturated carbocycles. The molecule has 3 rings (SSSR count). The van der Waals surface area contributed by atoms with Crippen molar-refractivity contribution >= 4 is 28.6 Å². The molecule has 0 aliphatic rings. The van der Waals surface area contributed by atoms with Crippen molar-refractivity contribution in [2.45, 2.75) is 6.92 Å². The average molecular weight is 360 g/mol. The topological polar surface area (TPSA) is 71.5 Å². The summed E-state index contributed by atoms with van der Waals surface area (Å²) in [6.07, 6.45) is 4.71. The predicted octanol–water partition coefficient (Wildman–Crippen LogP) is 4.04. The first kappa shape index (κ1) is 17.7. The first-order valence-corrected chi connectivity index (χ1v) is 7.94. The fourth-order valence-electron chi connectivity index (χ4n) is 2.62. The molecule has 0 spiro atoms. The largest absolute Gasteiger partial charge is 0.493 e. The number of hydrogen-bond donors (Lipinski definition) is 2. The number of methoxy groups -OCH3 is 2. The summed E-state index contributed by atoms with van der Waals surface area (Å²) >= 11 is 0. The fraction of sp³-hybridized carbons (Fsp3) is 0.222. The number of fused-ring (bicyclic) bond motifs is 1. The average Bonchev–Trinajstić information content (AvgIpc) is 3.12. The summed E-state index contributed by atoms with van der Waals surface area (Å²) in [5.74, 6) is -2.10. The molecule has 0 atom stereocenters. The molecule has 136 valence electrons. The van der Waals surface area contributed by atoms with Crippen molar-refractivity contribution < 1.29 is 18.3 Å². The number of hydrogen-bond acceptors (Lipinski definition) is 5. The smallest absolute Gasteiger partial charge is 0.193 e. The van der Waals surface area contributed by atoms with E-state index in [1.54, 1.807) is 12.4 Å². The lowest BCUT2D eigenvalue weighted by Crippen LogP contribution is -2.02. The van der Waals surface area contributed by atoms with Gasteiger partial charge in [-0.1, -0.05) is 0 Å². The minimum atomic E-state index is -0.900. The molecule has 0 saturated heterocycles. The second-order valence-electron chi connectivity index (χ2n) is 5.37. The molecule has 0 aliphatic heterocycles. The molecule has 26 heavy (non-hydrogen) atoms. The predicted molar refractivity (Wildman–Crippen MR) is 97.0 cm³/mol. The van der Waals surface area contributed by atoms with E-state index in [0.717, 1.165) is 17.1 Å². The summed E-state index contributed by atoms with van der Waals surface area (Å²) in [5.41, 5.74) is 1.59. The van der Waals surface area contributed by atoms with E-state index in [4.69, 9.17) is 9.47 Å². The van der Waals surface area contributed by atoms with Crippen LogP contribution in [0.15, 0.2) is 29.5 Å². The van der Waals surface area contributed by atoms with Gasteiger partial charge in [0.15, 0.2) is 23.1 Å². The molecule has 1 aromatic carbocycles. The van der Waals surface area contributed by atoms with Gasteiger partial charge in [0.2, 0.25) is 0 Å². The number of pyridine rings is 1. The van der Waals surface area contributed by atoms with E-state index < -0.39 is 17.3 Å². The van der Waals surface area contributed by atoms with Gasteiger partial charge in [-0.2, -0.15) is 0 Å². The highest BCUT2D eigenvalue weighted by molar-refractivity contribution is 6.01. The number of benzene rings is 1. The second-order valence-corrected chi connectivity index (χ2v) is 5.37. The molecule has 0 unspecified atom stereocenters. The minimum Gasteiger partial charge on any atom is -0.493 e. The third-order valence-corrected chi connectivity index (χ3v) is 3.85. The van der Waals surface area contributed by atoms with E-state index in [2.05, 4.69) is 20.3 Å². The van der Waals surface area contributed by atoms with Crippen molar-refractivity contribution in [1.29, 1.82) is 0 Å². The Balaban J connectivity index is 2.11. The number of H-pyrrole nitrogens is 1. The van der Waals surface area contributed by atoms with E-state index in [-0.39, 0.29) is 11.5 Å². The molecule has 0 bridgehead atoms. The highest BCUT2D eigenvalue weighted by Crippen LogP contribution is 2.36. The molecule has 0 aliphatic carbocycles. The zero-order chi connectivity index (χ0) is 18.7. The molecule has 6 nitrogen and oxygen atoms in total. The zero-order valence-electron chi connectivity index (χ0n) is 14.6. The molecule has 2 heterocycles. The van der Waals surface area contributed by atoms with Crippen LogP contribution < -0.4 is 14.8 Å². The number of nitrogens with one attached hydrogen (secondary N) is 2. The quantitative estimate of drug-likeness (QED) is 0.651. The highest BCUT2D eigenvalue weighted by Gasteiger charge is 2.19. The van der Waals surface area contributed by atoms with Gasteiger partial charge in [-0.3, -0.25) is 0 Å². The van der Waals surface area contributed by atoms with Gasteiger partial charge in [0.25, 0.3) is 0 Å². The maximum absolute atomic E-state index is 14.4. The number of aliphatic imine (C=N–C) groups is 1.